The molecule has 4 rings (SSSR count). The Morgan fingerprint density at radius 1 is 0.926 bits per heavy atom. The van der Waals surface area contributed by atoms with Crippen molar-refractivity contribution in [2.45, 2.75) is 0 Å². The Labute approximate surface area is 163 Å². The van der Waals surface area contributed by atoms with E-state index < -0.39 is 5.82 Å². The van der Waals surface area contributed by atoms with Gasteiger partial charge in [0, 0.05) is 47.1 Å². The molecule has 2 amide bonds. The van der Waals surface area contributed by atoms with Crippen LogP contribution < -0.4 is 0 Å². The number of halogens is 2. The van der Waals surface area contributed by atoms with E-state index in [0.29, 0.717) is 37.4 Å². The second-order valence-electron chi connectivity index (χ2n) is 6.51. The van der Waals surface area contributed by atoms with Crippen molar-refractivity contribution in [3.63, 3.8) is 0 Å². The smallest absolute Gasteiger partial charge is 0.270 e. The lowest BCUT2D eigenvalue weighted by Crippen LogP contribution is -2.50. The van der Waals surface area contributed by atoms with Gasteiger partial charge in [-0.1, -0.05) is 22.0 Å². The summed E-state index contributed by atoms with van der Waals surface area (Å²) >= 11 is 3.43. The lowest BCUT2D eigenvalue weighted by molar-refractivity contribution is 0.0532. The maximum atomic E-state index is 13.3. The van der Waals surface area contributed by atoms with Gasteiger partial charge >= 0.3 is 0 Å². The molecule has 0 bridgehead atoms. The third-order valence-electron chi connectivity index (χ3n) is 4.74. The van der Waals surface area contributed by atoms with Crippen LogP contribution in [0.5, 0.6) is 0 Å². The summed E-state index contributed by atoms with van der Waals surface area (Å²) in [6.45, 7) is 1.73. The molecule has 1 aliphatic heterocycles. The van der Waals surface area contributed by atoms with Gasteiger partial charge < -0.3 is 14.8 Å². The molecule has 27 heavy (non-hydrogen) atoms. The number of amides is 2. The van der Waals surface area contributed by atoms with E-state index in [1.54, 1.807) is 15.9 Å². The van der Waals surface area contributed by atoms with Crippen molar-refractivity contribution in [3.8, 4) is 0 Å². The maximum Gasteiger partial charge on any atom is 0.270 e. The van der Waals surface area contributed by atoms with Crippen LogP contribution in [-0.4, -0.2) is 52.8 Å². The third-order valence-corrected chi connectivity index (χ3v) is 5.23. The highest BCUT2D eigenvalue weighted by atomic mass is 79.9. The van der Waals surface area contributed by atoms with Crippen molar-refractivity contribution in [2.75, 3.05) is 26.2 Å². The third kappa shape index (κ3) is 3.60. The molecule has 0 atom stereocenters. The second kappa shape index (κ2) is 7.15. The first-order valence-electron chi connectivity index (χ1n) is 8.64. The van der Waals surface area contributed by atoms with Crippen LogP contribution in [0.25, 0.3) is 10.9 Å². The molecule has 0 unspecified atom stereocenters. The summed E-state index contributed by atoms with van der Waals surface area (Å²) < 4.78 is 14.3. The standard InChI is InChI=1S/C20H17BrFN3O2/c21-15-4-5-17-14(10-15)12-18(23-17)20(27)25-8-6-24(7-9-25)19(26)13-2-1-3-16(22)11-13/h1-5,10-12,23H,6-9H2. The van der Waals surface area contributed by atoms with Crippen LogP contribution in [0.4, 0.5) is 4.39 Å². The summed E-state index contributed by atoms with van der Waals surface area (Å²) in [6.07, 6.45) is 0. The van der Waals surface area contributed by atoms with Crippen LogP contribution >= 0.6 is 15.9 Å². The summed E-state index contributed by atoms with van der Waals surface area (Å²) in [5.74, 6) is -0.725. The molecule has 2 heterocycles. The second-order valence-corrected chi connectivity index (χ2v) is 7.43. The van der Waals surface area contributed by atoms with Gasteiger partial charge in [-0.15, -0.1) is 0 Å². The van der Waals surface area contributed by atoms with Crippen molar-refractivity contribution in [1.82, 2.24) is 14.8 Å². The Bertz CT molecular complexity index is 1020. The minimum atomic E-state index is -0.430. The van der Waals surface area contributed by atoms with Gasteiger partial charge in [0.15, 0.2) is 0 Å². The number of aromatic nitrogens is 1. The fourth-order valence-electron chi connectivity index (χ4n) is 3.31. The molecule has 1 N–H and O–H groups in total. The van der Waals surface area contributed by atoms with Gasteiger partial charge in [0.2, 0.25) is 0 Å². The highest BCUT2D eigenvalue weighted by Gasteiger charge is 2.26. The number of hydrogen-bond acceptors (Lipinski definition) is 2. The number of fused-ring (bicyclic) bond motifs is 1. The summed E-state index contributed by atoms with van der Waals surface area (Å²) in [6, 6.07) is 13.3. The van der Waals surface area contributed by atoms with E-state index in [2.05, 4.69) is 20.9 Å². The molecule has 0 aliphatic carbocycles. The summed E-state index contributed by atoms with van der Waals surface area (Å²) in [5, 5.41) is 0.965. The van der Waals surface area contributed by atoms with E-state index in [1.165, 1.54) is 18.2 Å². The van der Waals surface area contributed by atoms with Crippen molar-refractivity contribution < 1.29 is 14.0 Å². The first kappa shape index (κ1) is 17.7. The minimum Gasteiger partial charge on any atom is -0.351 e. The van der Waals surface area contributed by atoms with Gasteiger partial charge in [-0.2, -0.15) is 0 Å². The first-order chi connectivity index (χ1) is 13.0. The molecule has 138 valence electrons. The van der Waals surface area contributed by atoms with E-state index in [9.17, 15) is 14.0 Å². The average Bonchev–Trinajstić information content (AvgIpc) is 3.10. The fourth-order valence-corrected chi connectivity index (χ4v) is 3.68. The number of piperazine rings is 1. The number of hydrogen-bond donors (Lipinski definition) is 1. The zero-order valence-electron chi connectivity index (χ0n) is 14.4. The van der Waals surface area contributed by atoms with Crippen LogP contribution in [0.15, 0.2) is 53.0 Å². The van der Waals surface area contributed by atoms with Gasteiger partial charge in [-0.05, 0) is 42.5 Å². The molecule has 0 radical (unpaired) electrons. The monoisotopic (exact) mass is 429 g/mol. The Morgan fingerprint density at radius 3 is 2.33 bits per heavy atom. The van der Waals surface area contributed by atoms with Crippen molar-refractivity contribution in [3.05, 3.63) is 70.1 Å². The van der Waals surface area contributed by atoms with Gasteiger partial charge in [-0.3, -0.25) is 9.59 Å². The molecular formula is C20H17BrFN3O2. The quantitative estimate of drug-likeness (QED) is 0.675. The molecule has 2 aromatic carbocycles. The minimum absolute atomic E-state index is 0.0832. The van der Waals surface area contributed by atoms with E-state index in [4.69, 9.17) is 0 Å². The number of nitrogens with zero attached hydrogens (tertiary/aromatic N) is 2. The van der Waals surface area contributed by atoms with Crippen LogP contribution in [-0.2, 0) is 0 Å². The van der Waals surface area contributed by atoms with Crippen LogP contribution in [0, 0.1) is 5.82 Å². The van der Waals surface area contributed by atoms with E-state index in [-0.39, 0.29) is 11.8 Å². The largest absolute Gasteiger partial charge is 0.351 e. The molecule has 1 saturated heterocycles. The van der Waals surface area contributed by atoms with E-state index >= 15 is 0 Å². The SMILES string of the molecule is O=C(c1cccc(F)c1)N1CCN(C(=O)c2cc3cc(Br)ccc3[nH]2)CC1. The summed E-state index contributed by atoms with van der Waals surface area (Å²) in [7, 11) is 0. The Kier molecular flexibility index (Phi) is 4.70. The van der Waals surface area contributed by atoms with Gasteiger partial charge in [0.05, 0.1) is 0 Å². The van der Waals surface area contributed by atoms with Crippen LogP contribution in [0.3, 0.4) is 0 Å². The van der Waals surface area contributed by atoms with Gasteiger partial charge in [0.1, 0.15) is 11.5 Å². The van der Waals surface area contributed by atoms with E-state index in [1.807, 2.05) is 24.3 Å². The number of rotatable bonds is 2. The lowest BCUT2D eigenvalue weighted by atomic mass is 10.1. The predicted octanol–water partition coefficient (Wildman–Crippen LogP) is 3.67. The number of benzene rings is 2. The molecule has 7 heteroatoms. The zero-order chi connectivity index (χ0) is 19.0. The number of aromatic amines is 1. The molecule has 1 aliphatic rings. The summed E-state index contributed by atoms with van der Waals surface area (Å²) in [5.41, 5.74) is 1.77. The molecular weight excluding hydrogens is 413 g/mol. The van der Waals surface area contributed by atoms with E-state index in [0.717, 1.165) is 15.4 Å². The molecule has 3 aromatic rings. The molecule has 0 spiro atoms. The highest BCUT2D eigenvalue weighted by Crippen LogP contribution is 2.21. The Hall–Kier alpha value is -2.67. The molecule has 0 saturated carbocycles. The maximum absolute atomic E-state index is 13.3. The Morgan fingerprint density at radius 2 is 1.63 bits per heavy atom. The molecule has 1 aromatic heterocycles. The number of nitrogens with one attached hydrogen (secondary N) is 1. The van der Waals surface area contributed by atoms with Crippen molar-refractivity contribution in [1.29, 1.82) is 0 Å². The number of carbonyl (C=O) groups excluding carboxylic acids is 2. The van der Waals surface area contributed by atoms with Crippen molar-refractivity contribution >= 4 is 38.6 Å². The normalized spacial score (nSPS) is 14.6. The topological polar surface area (TPSA) is 56.4 Å². The molecule has 1 fully saturated rings. The lowest BCUT2D eigenvalue weighted by Gasteiger charge is -2.34. The van der Waals surface area contributed by atoms with Crippen LogP contribution in [0.1, 0.15) is 20.8 Å². The molecule has 5 nitrogen and oxygen atoms in total. The van der Waals surface area contributed by atoms with Crippen molar-refractivity contribution in [2.24, 2.45) is 0 Å². The predicted molar refractivity (Wildman–Crippen MR) is 104 cm³/mol. The fraction of sp³-hybridized carbons (Fsp3) is 0.200. The Balaban J connectivity index is 1.43. The van der Waals surface area contributed by atoms with Gasteiger partial charge in [0.25, 0.3) is 11.8 Å². The summed E-state index contributed by atoms with van der Waals surface area (Å²) in [4.78, 5) is 31.8. The van der Waals surface area contributed by atoms with Gasteiger partial charge in [-0.25, -0.2) is 4.39 Å². The number of H-pyrrole nitrogens is 1. The average molecular weight is 430 g/mol. The zero-order valence-corrected chi connectivity index (χ0v) is 16.0. The highest BCUT2D eigenvalue weighted by molar-refractivity contribution is 9.10. The number of carbonyl (C=O) groups is 2. The first-order valence-corrected chi connectivity index (χ1v) is 9.43. The van der Waals surface area contributed by atoms with Crippen LogP contribution in [0.2, 0.25) is 0 Å².